The maximum absolute atomic E-state index is 13.8. The molecule has 2 aromatic heterocycles. The van der Waals surface area contributed by atoms with E-state index in [-0.39, 0.29) is 17.2 Å². The molecule has 0 bridgehead atoms. The summed E-state index contributed by atoms with van der Waals surface area (Å²) in [6.45, 7) is 6.40. The lowest BCUT2D eigenvalue weighted by Crippen LogP contribution is -2.23. The fourth-order valence-corrected chi connectivity index (χ4v) is 5.18. The Bertz CT molecular complexity index is 1640. The Hall–Kier alpha value is -4.30. The van der Waals surface area contributed by atoms with Crippen molar-refractivity contribution >= 4 is 34.4 Å². The van der Waals surface area contributed by atoms with Gasteiger partial charge in [0.2, 0.25) is 5.91 Å². The maximum atomic E-state index is 13.8. The summed E-state index contributed by atoms with van der Waals surface area (Å²) < 4.78 is 7.11. The molecule has 0 unspecified atom stereocenters. The van der Waals surface area contributed by atoms with Crippen molar-refractivity contribution in [2.24, 2.45) is 0 Å². The monoisotopic (exact) mass is 524 g/mol. The fourth-order valence-electron chi connectivity index (χ4n) is 4.38. The van der Waals surface area contributed by atoms with Crippen LogP contribution in [0.25, 0.3) is 27.8 Å². The minimum Gasteiger partial charge on any atom is -0.494 e. The van der Waals surface area contributed by atoms with Crippen molar-refractivity contribution in [3.63, 3.8) is 0 Å². The smallest absolute Gasteiger partial charge is 0.283 e. The lowest BCUT2D eigenvalue weighted by Gasteiger charge is -2.14. The van der Waals surface area contributed by atoms with Gasteiger partial charge in [-0.25, -0.2) is 4.98 Å². The number of aryl methyl sites for hydroxylation is 2. The number of para-hydroxylation sites is 1. The molecule has 0 aliphatic carbocycles. The minimum absolute atomic E-state index is 0.0911. The van der Waals surface area contributed by atoms with E-state index in [2.05, 4.69) is 10.3 Å². The quantitative estimate of drug-likeness (QED) is 0.188. The molecule has 7 nitrogen and oxygen atoms in total. The average Bonchev–Trinajstić information content (AvgIpc) is 3.35. The van der Waals surface area contributed by atoms with Crippen molar-refractivity contribution in [2.45, 2.75) is 25.9 Å². The number of carbonyl (C=O) groups is 1. The molecule has 0 spiro atoms. The highest BCUT2D eigenvalue weighted by Crippen LogP contribution is 2.29. The van der Waals surface area contributed by atoms with Crippen LogP contribution in [0.1, 0.15) is 18.1 Å². The molecule has 5 rings (SSSR count). The lowest BCUT2D eigenvalue weighted by atomic mass is 10.1. The van der Waals surface area contributed by atoms with Crippen molar-refractivity contribution in [2.75, 3.05) is 17.7 Å². The number of aromatic nitrogens is 3. The molecule has 3 aromatic carbocycles. The van der Waals surface area contributed by atoms with E-state index in [9.17, 15) is 9.59 Å². The molecule has 0 fully saturated rings. The number of hydrogen-bond acceptors (Lipinski definition) is 5. The van der Waals surface area contributed by atoms with Crippen LogP contribution in [0.2, 0.25) is 0 Å². The topological polar surface area (TPSA) is 89.0 Å². The first-order chi connectivity index (χ1) is 18.5. The summed E-state index contributed by atoms with van der Waals surface area (Å²) in [5, 5.41) is 3.45. The molecule has 0 radical (unpaired) electrons. The Morgan fingerprint density at radius 1 is 1.00 bits per heavy atom. The van der Waals surface area contributed by atoms with Gasteiger partial charge in [-0.1, -0.05) is 60.3 Å². The van der Waals surface area contributed by atoms with Crippen molar-refractivity contribution in [1.29, 1.82) is 0 Å². The first kappa shape index (κ1) is 25.4. The van der Waals surface area contributed by atoms with Gasteiger partial charge in [-0.3, -0.25) is 14.2 Å². The van der Waals surface area contributed by atoms with Gasteiger partial charge in [0.1, 0.15) is 16.8 Å². The summed E-state index contributed by atoms with van der Waals surface area (Å²) in [5.74, 6) is 0.637. The van der Waals surface area contributed by atoms with Crippen molar-refractivity contribution < 1.29 is 9.53 Å². The molecule has 2 N–H and O–H groups in total. The molecule has 8 heteroatoms. The van der Waals surface area contributed by atoms with Gasteiger partial charge in [0.25, 0.3) is 5.56 Å². The Morgan fingerprint density at radius 2 is 1.71 bits per heavy atom. The van der Waals surface area contributed by atoms with Crippen molar-refractivity contribution in [3.05, 3.63) is 100 Å². The van der Waals surface area contributed by atoms with Crippen molar-refractivity contribution in [3.8, 4) is 22.6 Å². The van der Waals surface area contributed by atoms with Crippen LogP contribution >= 0.6 is 11.8 Å². The van der Waals surface area contributed by atoms with Gasteiger partial charge < -0.3 is 15.0 Å². The molecule has 0 saturated heterocycles. The Morgan fingerprint density at radius 3 is 2.39 bits per heavy atom. The van der Waals surface area contributed by atoms with Gasteiger partial charge in [0.15, 0.2) is 5.16 Å². The molecule has 0 atom stereocenters. The molecule has 2 heterocycles. The predicted octanol–water partition coefficient (Wildman–Crippen LogP) is 6.13. The minimum atomic E-state index is -0.237. The van der Waals surface area contributed by atoms with Gasteiger partial charge in [-0.15, -0.1) is 0 Å². The third-order valence-corrected chi connectivity index (χ3v) is 7.18. The molecular weight excluding hydrogens is 496 g/mol. The largest absolute Gasteiger partial charge is 0.494 e. The van der Waals surface area contributed by atoms with Crippen LogP contribution in [0.5, 0.6) is 5.75 Å². The fraction of sp³-hybridized carbons (Fsp3) is 0.167. The number of rotatable bonds is 8. The molecule has 5 aromatic rings. The van der Waals surface area contributed by atoms with Crippen LogP contribution < -0.4 is 15.6 Å². The van der Waals surface area contributed by atoms with Crippen LogP contribution in [-0.2, 0) is 4.79 Å². The van der Waals surface area contributed by atoms with Gasteiger partial charge >= 0.3 is 0 Å². The van der Waals surface area contributed by atoms with Crippen LogP contribution in [0.3, 0.4) is 0 Å². The normalized spacial score (nSPS) is 11.0. The van der Waals surface area contributed by atoms with Crippen LogP contribution in [-0.4, -0.2) is 32.8 Å². The first-order valence-corrected chi connectivity index (χ1v) is 13.4. The second-order valence-electron chi connectivity index (χ2n) is 8.86. The zero-order valence-corrected chi connectivity index (χ0v) is 22.3. The van der Waals surface area contributed by atoms with E-state index in [0.717, 1.165) is 27.9 Å². The number of benzene rings is 3. The Balaban J connectivity index is 1.55. The van der Waals surface area contributed by atoms with Gasteiger partial charge in [-0.2, -0.15) is 0 Å². The second-order valence-corrected chi connectivity index (χ2v) is 9.80. The van der Waals surface area contributed by atoms with Crippen LogP contribution in [0.4, 0.5) is 5.69 Å². The highest BCUT2D eigenvalue weighted by Gasteiger charge is 2.19. The van der Waals surface area contributed by atoms with Gasteiger partial charge in [0.05, 0.1) is 18.0 Å². The number of H-pyrrole nitrogens is 1. The molecule has 0 aliphatic rings. The summed E-state index contributed by atoms with van der Waals surface area (Å²) in [6.07, 6.45) is 1.80. The van der Waals surface area contributed by atoms with E-state index in [1.807, 2.05) is 93.6 Å². The summed E-state index contributed by atoms with van der Waals surface area (Å²) in [7, 11) is 0. The van der Waals surface area contributed by atoms with Crippen LogP contribution in [0, 0.1) is 13.8 Å². The number of ether oxygens (including phenoxy) is 1. The van der Waals surface area contributed by atoms with Gasteiger partial charge in [-0.05, 0) is 61.7 Å². The average molecular weight is 525 g/mol. The third-order valence-electron chi connectivity index (χ3n) is 6.24. The lowest BCUT2D eigenvalue weighted by molar-refractivity contribution is -0.113. The summed E-state index contributed by atoms with van der Waals surface area (Å²) in [6, 6.07) is 23.0. The summed E-state index contributed by atoms with van der Waals surface area (Å²) >= 11 is 1.23. The Kier molecular flexibility index (Phi) is 7.33. The van der Waals surface area contributed by atoms with E-state index in [4.69, 9.17) is 9.72 Å². The van der Waals surface area contributed by atoms with E-state index >= 15 is 0 Å². The first-order valence-electron chi connectivity index (χ1n) is 12.4. The standard InChI is InChI=1S/C30H28N4O3S/c1-4-37-23-15-13-22(14-16-23)34-29(36)28-27(24(17-31-28)21-11-6-5-7-12-21)33-30(34)38-18-25(35)32-26-19(2)9-8-10-20(26)3/h5-17,31H,4,18H2,1-3H3,(H,32,35). The van der Waals surface area contributed by atoms with E-state index in [1.165, 1.54) is 11.8 Å². The SMILES string of the molecule is CCOc1ccc(-n2c(SCC(=O)Nc3c(C)cccc3C)nc3c(-c4ccccc4)c[nH]c3c2=O)cc1. The van der Waals surface area contributed by atoms with E-state index in [0.29, 0.717) is 34.2 Å². The number of nitrogens with one attached hydrogen (secondary N) is 2. The molecule has 0 saturated carbocycles. The number of fused-ring (bicyclic) bond motifs is 1. The molecule has 192 valence electrons. The Labute approximate surface area is 224 Å². The highest BCUT2D eigenvalue weighted by molar-refractivity contribution is 7.99. The number of amides is 1. The number of thioether (sulfide) groups is 1. The number of aromatic amines is 1. The van der Waals surface area contributed by atoms with Crippen molar-refractivity contribution in [1.82, 2.24) is 14.5 Å². The number of carbonyl (C=O) groups excluding carboxylic acids is 1. The van der Waals surface area contributed by atoms with E-state index in [1.54, 1.807) is 10.8 Å². The number of hydrogen-bond donors (Lipinski definition) is 2. The molecule has 0 aliphatic heterocycles. The number of nitrogens with zero attached hydrogens (tertiary/aromatic N) is 2. The second kappa shape index (κ2) is 11.0. The molecule has 1 amide bonds. The highest BCUT2D eigenvalue weighted by atomic mass is 32.2. The van der Waals surface area contributed by atoms with E-state index < -0.39 is 0 Å². The van der Waals surface area contributed by atoms with Crippen LogP contribution in [0.15, 0.2) is 88.9 Å². The summed E-state index contributed by atoms with van der Waals surface area (Å²) in [5.41, 5.74) is 5.96. The van der Waals surface area contributed by atoms with Gasteiger partial charge in [0, 0.05) is 17.4 Å². The molecule has 38 heavy (non-hydrogen) atoms. The zero-order valence-electron chi connectivity index (χ0n) is 21.4. The zero-order chi connectivity index (χ0) is 26.6. The molecular formula is C30H28N4O3S. The summed E-state index contributed by atoms with van der Waals surface area (Å²) in [4.78, 5) is 34.8. The maximum Gasteiger partial charge on any atom is 0.283 e. The predicted molar refractivity (Wildman–Crippen MR) is 154 cm³/mol. The number of anilines is 1. The third kappa shape index (κ3) is 5.08.